The van der Waals surface area contributed by atoms with E-state index in [1.54, 1.807) is 6.07 Å². The first-order chi connectivity index (χ1) is 7.08. The van der Waals surface area contributed by atoms with Crippen LogP contribution in [0, 0.1) is 12.7 Å². The fourth-order valence-corrected chi connectivity index (χ4v) is 2.37. The van der Waals surface area contributed by atoms with E-state index in [1.807, 2.05) is 6.92 Å². The van der Waals surface area contributed by atoms with Crippen LogP contribution in [0.5, 0.6) is 0 Å². The quantitative estimate of drug-likeness (QED) is 0.831. The van der Waals surface area contributed by atoms with Crippen LogP contribution < -0.4 is 5.73 Å². The summed E-state index contributed by atoms with van der Waals surface area (Å²) >= 11 is 7.36. The average molecular weight is 243 g/mol. The van der Waals surface area contributed by atoms with Crippen molar-refractivity contribution in [2.45, 2.75) is 6.92 Å². The molecular formula is C10H8ClFN2S. The van der Waals surface area contributed by atoms with Gasteiger partial charge in [0.15, 0.2) is 0 Å². The highest BCUT2D eigenvalue weighted by atomic mass is 35.5. The molecule has 15 heavy (non-hydrogen) atoms. The molecule has 2 rings (SSSR count). The van der Waals surface area contributed by atoms with E-state index in [4.69, 9.17) is 17.3 Å². The minimum Gasteiger partial charge on any atom is -0.383 e. The summed E-state index contributed by atoms with van der Waals surface area (Å²) in [5, 5.41) is 1.07. The van der Waals surface area contributed by atoms with Crippen LogP contribution in [0.2, 0.25) is 5.02 Å². The number of nitrogens with zero attached hydrogens (tertiary/aromatic N) is 1. The molecule has 0 bridgehead atoms. The molecule has 5 heteroatoms. The van der Waals surface area contributed by atoms with Gasteiger partial charge in [-0.2, -0.15) is 0 Å². The lowest BCUT2D eigenvalue weighted by Gasteiger charge is -1.99. The van der Waals surface area contributed by atoms with Gasteiger partial charge in [-0.1, -0.05) is 11.6 Å². The van der Waals surface area contributed by atoms with Crippen molar-refractivity contribution in [1.82, 2.24) is 4.98 Å². The molecule has 2 nitrogen and oxygen atoms in total. The molecule has 2 N–H and O–H groups in total. The summed E-state index contributed by atoms with van der Waals surface area (Å²) in [4.78, 5) is 5.10. The molecule has 78 valence electrons. The van der Waals surface area contributed by atoms with Gasteiger partial charge in [0.05, 0.1) is 5.02 Å². The first-order valence-corrected chi connectivity index (χ1v) is 5.45. The molecule has 0 saturated heterocycles. The van der Waals surface area contributed by atoms with Crippen LogP contribution in [0.1, 0.15) is 4.88 Å². The standard InChI is InChI=1S/C10H8ClFN2S/c1-5-9(13)14-10(15-5)7-3-2-6(12)4-8(7)11/h2-4H,13H2,1H3. The van der Waals surface area contributed by atoms with Crippen molar-refractivity contribution >= 4 is 28.8 Å². The Morgan fingerprint density at radius 3 is 2.73 bits per heavy atom. The van der Waals surface area contributed by atoms with Gasteiger partial charge >= 0.3 is 0 Å². The molecule has 0 fully saturated rings. The van der Waals surface area contributed by atoms with Gasteiger partial charge in [-0.05, 0) is 25.1 Å². The van der Waals surface area contributed by atoms with Gasteiger partial charge < -0.3 is 5.73 Å². The highest BCUT2D eigenvalue weighted by Gasteiger charge is 2.10. The zero-order valence-corrected chi connectivity index (χ0v) is 9.49. The van der Waals surface area contributed by atoms with Crippen LogP contribution in [0.4, 0.5) is 10.2 Å². The number of anilines is 1. The van der Waals surface area contributed by atoms with Gasteiger partial charge in [-0.25, -0.2) is 9.37 Å². The Hall–Kier alpha value is -1.13. The fourth-order valence-electron chi connectivity index (χ4n) is 1.19. The summed E-state index contributed by atoms with van der Waals surface area (Å²) in [6.45, 7) is 1.88. The third kappa shape index (κ3) is 1.96. The molecule has 0 unspecified atom stereocenters. The summed E-state index contributed by atoms with van der Waals surface area (Å²) in [6, 6.07) is 4.23. The Labute approximate surface area is 95.5 Å². The highest BCUT2D eigenvalue weighted by Crippen LogP contribution is 2.33. The summed E-state index contributed by atoms with van der Waals surface area (Å²) in [5.74, 6) is 0.139. The van der Waals surface area contributed by atoms with Crippen LogP contribution in [0.3, 0.4) is 0 Å². The third-order valence-electron chi connectivity index (χ3n) is 1.99. The van der Waals surface area contributed by atoms with Crippen LogP contribution in [0.25, 0.3) is 10.6 Å². The molecule has 0 aliphatic carbocycles. The molecule has 0 radical (unpaired) electrons. The Morgan fingerprint density at radius 1 is 1.47 bits per heavy atom. The van der Waals surface area contributed by atoms with Crippen molar-refractivity contribution in [3.63, 3.8) is 0 Å². The Balaban J connectivity index is 2.54. The monoisotopic (exact) mass is 242 g/mol. The summed E-state index contributed by atoms with van der Waals surface area (Å²) < 4.78 is 12.8. The molecule has 0 saturated carbocycles. The molecule has 0 aliphatic rings. The van der Waals surface area contributed by atoms with Gasteiger partial charge in [-0.3, -0.25) is 0 Å². The summed E-state index contributed by atoms with van der Waals surface area (Å²) in [6.07, 6.45) is 0. The van der Waals surface area contributed by atoms with Gasteiger partial charge in [0.2, 0.25) is 0 Å². The third-order valence-corrected chi connectivity index (χ3v) is 3.33. The second-order valence-corrected chi connectivity index (χ2v) is 4.70. The normalized spacial score (nSPS) is 10.6. The lowest BCUT2D eigenvalue weighted by atomic mass is 10.2. The van der Waals surface area contributed by atoms with E-state index in [-0.39, 0.29) is 5.82 Å². The first-order valence-electron chi connectivity index (χ1n) is 4.26. The SMILES string of the molecule is Cc1sc(-c2ccc(F)cc2Cl)nc1N. The van der Waals surface area contributed by atoms with Gasteiger partial charge in [0.25, 0.3) is 0 Å². The number of hydrogen-bond donors (Lipinski definition) is 1. The Kier molecular flexibility index (Phi) is 2.63. The average Bonchev–Trinajstić information content (AvgIpc) is 2.46. The number of aryl methyl sites for hydroxylation is 1. The van der Waals surface area contributed by atoms with Crippen LogP contribution in [-0.2, 0) is 0 Å². The predicted molar refractivity (Wildman–Crippen MR) is 61.7 cm³/mol. The predicted octanol–water partition coefficient (Wildman–Crippen LogP) is 3.49. The number of thiazole rings is 1. The number of benzene rings is 1. The minimum absolute atomic E-state index is 0.351. The van der Waals surface area contributed by atoms with Crippen molar-refractivity contribution < 1.29 is 4.39 Å². The largest absolute Gasteiger partial charge is 0.383 e. The first kappa shape index (κ1) is 10.4. The number of hydrogen-bond acceptors (Lipinski definition) is 3. The van der Waals surface area contributed by atoms with E-state index in [1.165, 1.54) is 23.5 Å². The van der Waals surface area contributed by atoms with E-state index in [0.29, 0.717) is 16.4 Å². The number of halogens is 2. The van der Waals surface area contributed by atoms with E-state index in [2.05, 4.69) is 4.98 Å². The molecule has 2 aromatic rings. The van der Waals surface area contributed by atoms with Crippen LogP contribution >= 0.6 is 22.9 Å². The molecular weight excluding hydrogens is 235 g/mol. The molecule has 1 aromatic carbocycles. The summed E-state index contributed by atoms with van der Waals surface area (Å²) in [5.41, 5.74) is 6.35. The minimum atomic E-state index is -0.356. The molecule has 0 aliphatic heterocycles. The van der Waals surface area contributed by atoms with Crippen molar-refractivity contribution in [2.24, 2.45) is 0 Å². The summed E-state index contributed by atoms with van der Waals surface area (Å²) in [7, 11) is 0. The molecule has 0 spiro atoms. The van der Waals surface area contributed by atoms with E-state index >= 15 is 0 Å². The van der Waals surface area contributed by atoms with Crippen molar-refractivity contribution in [2.75, 3.05) is 5.73 Å². The maximum absolute atomic E-state index is 12.8. The zero-order chi connectivity index (χ0) is 11.0. The number of nitrogen functional groups attached to an aromatic ring is 1. The highest BCUT2D eigenvalue weighted by molar-refractivity contribution is 7.15. The Morgan fingerprint density at radius 2 is 2.20 bits per heavy atom. The fraction of sp³-hybridized carbons (Fsp3) is 0.100. The lowest BCUT2D eigenvalue weighted by Crippen LogP contribution is -1.86. The van der Waals surface area contributed by atoms with Crippen LogP contribution in [0.15, 0.2) is 18.2 Å². The second-order valence-electron chi connectivity index (χ2n) is 3.08. The molecule has 1 heterocycles. The van der Waals surface area contributed by atoms with E-state index in [0.717, 1.165) is 9.88 Å². The van der Waals surface area contributed by atoms with Crippen molar-refractivity contribution in [1.29, 1.82) is 0 Å². The molecule has 1 aromatic heterocycles. The van der Waals surface area contributed by atoms with Crippen molar-refractivity contribution in [3.8, 4) is 10.6 Å². The van der Waals surface area contributed by atoms with E-state index in [9.17, 15) is 4.39 Å². The molecule has 0 atom stereocenters. The van der Waals surface area contributed by atoms with Gasteiger partial charge in [0, 0.05) is 10.4 Å². The van der Waals surface area contributed by atoms with Crippen LogP contribution in [-0.4, -0.2) is 4.98 Å². The maximum Gasteiger partial charge on any atom is 0.138 e. The topological polar surface area (TPSA) is 38.9 Å². The van der Waals surface area contributed by atoms with Gasteiger partial charge in [-0.15, -0.1) is 11.3 Å². The Bertz CT molecular complexity index is 491. The van der Waals surface area contributed by atoms with E-state index < -0.39 is 0 Å². The smallest absolute Gasteiger partial charge is 0.138 e. The maximum atomic E-state index is 12.8. The number of rotatable bonds is 1. The number of aromatic nitrogens is 1. The lowest BCUT2D eigenvalue weighted by molar-refractivity contribution is 0.628. The molecule has 0 amide bonds. The second kappa shape index (κ2) is 3.79. The number of nitrogens with two attached hydrogens (primary N) is 1. The van der Waals surface area contributed by atoms with Crippen molar-refractivity contribution in [3.05, 3.63) is 33.9 Å². The van der Waals surface area contributed by atoms with Gasteiger partial charge in [0.1, 0.15) is 16.6 Å². The zero-order valence-electron chi connectivity index (χ0n) is 7.92.